The van der Waals surface area contributed by atoms with E-state index in [1.165, 1.54) is 13.0 Å². The van der Waals surface area contributed by atoms with Crippen molar-refractivity contribution in [3.63, 3.8) is 0 Å². The van der Waals surface area contributed by atoms with Gasteiger partial charge in [0.2, 0.25) is 5.88 Å². The number of halogens is 2. The fourth-order valence-electron chi connectivity index (χ4n) is 4.90. The third-order valence-corrected chi connectivity index (χ3v) is 7.18. The second-order valence-corrected chi connectivity index (χ2v) is 10.0. The Morgan fingerprint density at radius 1 is 1.22 bits per heavy atom. The molecule has 1 aliphatic carbocycles. The molecule has 0 bridgehead atoms. The first-order valence-corrected chi connectivity index (χ1v) is 12.4. The molecule has 2 aliphatic rings. The van der Waals surface area contributed by atoms with Crippen molar-refractivity contribution in [2.24, 2.45) is 0 Å². The maximum Gasteiger partial charge on any atom is 0.220 e. The average molecular weight is 493 g/mol. The highest BCUT2D eigenvalue weighted by Crippen LogP contribution is 2.51. The molecule has 2 aromatic heterocycles. The molecule has 0 spiro atoms. The summed E-state index contributed by atoms with van der Waals surface area (Å²) >= 11 is 0. The summed E-state index contributed by atoms with van der Waals surface area (Å²) in [5, 5.41) is 13.9. The molecule has 1 unspecified atom stereocenters. The third kappa shape index (κ3) is 4.46. The van der Waals surface area contributed by atoms with Gasteiger partial charge in [0.05, 0.1) is 22.9 Å². The number of rotatable bonds is 7. The Labute approximate surface area is 209 Å². The number of anilines is 1. The van der Waals surface area contributed by atoms with Crippen molar-refractivity contribution in [1.82, 2.24) is 19.9 Å². The predicted molar refractivity (Wildman–Crippen MR) is 133 cm³/mol. The van der Waals surface area contributed by atoms with Gasteiger partial charge in [0, 0.05) is 29.8 Å². The molecule has 1 aromatic carbocycles. The maximum absolute atomic E-state index is 15.0. The lowest BCUT2D eigenvalue weighted by Crippen LogP contribution is -2.23. The quantitative estimate of drug-likeness (QED) is 0.478. The summed E-state index contributed by atoms with van der Waals surface area (Å²) in [6, 6.07) is 8.60. The summed E-state index contributed by atoms with van der Waals surface area (Å²) < 4.78 is 35.3. The first-order chi connectivity index (χ1) is 17.2. The number of hydrogen-bond donors (Lipinski definition) is 1. The first-order valence-electron chi connectivity index (χ1n) is 12.4. The summed E-state index contributed by atoms with van der Waals surface area (Å²) in [6.45, 7) is 6.63. The van der Waals surface area contributed by atoms with E-state index in [2.05, 4.69) is 33.3 Å². The van der Waals surface area contributed by atoms with Crippen LogP contribution in [0.1, 0.15) is 67.8 Å². The van der Waals surface area contributed by atoms with Crippen LogP contribution in [0.25, 0.3) is 11.0 Å². The van der Waals surface area contributed by atoms with E-state index in [-0.39, 0.29) is 11.7 Å². The molecule has 5 rings (SSSR count). The molecular formula is C27H30F2N6O. The topological polar surface area (TPSA) is 87.0 Å². The van der Waals surface area contributed by atoms with Crippen molar-refractivity contribution < 1.29 is 13.5 Å². The predicted octanol–water partition coefficient (Wildman–Crippen LogP) is 5.31. The molecule has 0 radical (unpaired) electrons. The van der Waals surface area contributed by atoms with E-state index in [4.69, 9.17) is 9.72 Å². The fourth-order valence-corrected chi connectivity index (χ4v) is 4.90. The summed E-state index contributed by atoms with van der Waals surface area (Å²) in [4.78, 5) is 16.1. The van der Waals surface area contributed by atoms with E-state index in [9.17, 15) is 9.65 Å². The van der Waals surface area contributed by atoms with Crippen LogP contribution in [0.15, 0.2) is 24.3 Å². The zero-order valence-electron chi connectivity index (χ0n) is 21.0. The van der Waals surface area contributed by atoms with Gasteiger partial charge in [-0.15, -0.1) is 0 Å². The molecule has 9 heteroatoms. The molecule has 3 aromatic rings. The van der Waals surface area contributed by atoms with E-state index in [1.54, 1.807) is 26.0 Å². The zero-order chi connectivity index (χ0) is 25.6. The molecule has 3 heterocycles. The number of alkyl halides is 1. The van der Waals surface area contributed by atoms with Crippen LogP contribution in [-0.2, 0) is 5.41 Å². The zero-order valence-corrected chi connectivity index (χ0v) is 21.0. The van der Waals surface area contributed by atoms with Crippen molar-refractivity contribution in [3.8, 4) is 11.9 Å². The SMILES string of the molecule is Cc1nc(N[C@H](C)c2cccc(C(C)F)c2F)c2cc(C3(C#N)CC3)c(O[C@H]3CCN(C)C3)nc2n1. The molecule has 1 N–H and O–H groups in total. The van der Waals surface area contributed by atoms with Gasteiger partial charge < -0.3 is 15.0 Å². The second-order valence-electron chi connectivity index (χ2n) is 10.0. The molecule has 36 heavy (non-hydrogen) atoms. The van der Waals surface area contributed by atoms with Gasteiger partial charge in [-0.3, -0.25) is 0 Å². The van der Waals surface area contributed by atoms with Crippen molar-refractivity contribution in [3.05, 3.63) is 52.6 Å². The van der Waals surface area contributed by atoms with E-state index < -0.39 is 23.4 Å². The number of nitrogens with zero attached hydrogens (tertiary/aromatic N) is 5. The van der Waals surface area contributed by atoms with Crippen LogP contribution in [0.2, 0.25) is 0 Å². The Bertz CT molecular complexity index is 1350. The maximum atomic E-state index is 15.0. The Balaban J connectivity index is 1.56. The number of aromatic nitrogens is 3. The van der Waals surface area contributed by atoms with Crippen LogP contribution >= 0.6 is 0 Å². The van der Waals surface area contributed by atoms with E-state index in [0.29, 0.717) is 34.1 Å². The van der Waals surface area contributed by atoms with Crippen molar-refractivity contribution >= 4 is 16.9 Å². The van der Waals surface area contributed by atoms with Crippen LogP contribution in [0.3, 0.4) is 0 Å². The normalized spacial score (nSPS) is 20.6. The van der Waals surface area contributed by atoms with Gasteiger partial charge in [0.25, 0.3) is 0 Å². The number of likely N-dealkylation sites (N-methyl/N-ethyl adjacent to an activating group) is 1. The van der Waals surface area contributed by atoms with Gasteiger partial charge in [-0.05, 0) is 53.1 Å². The van der Waals surface area contributed by atoms with E-state index >= 15 is 4.39 Å². The lowest BCUT2D eigenvalue weighted by molar-refractivity contribution is 0.198. The van der Waals surface area contributed by atoms with Gasteiger partial charge in [-0.25, -0.2) is 18.7 Å². The number of pyridine rings is 1. The first kappa shape index (κ1) is 24.3. The summed E-state index contributed by atoms with van der Waals surface area (Å²) in [5.41, 5.74) is 0.928. The van der Waals surface area contributed by atoms with Gasteiger partial charge in [0.1, 0.15) is 29.7 Å². The number of benzene rings is 1. The van der Waals surface area contributed by atoms with Gasteiger partial charge in [-0.1, -0.05) is 18.2 Å². The fraction of sp³-hybridized carbons (Fsp3) is 0.481. The minimum Gasteiger partial charge on any atom is -0.473 e. The van der Waals surface area contributed by atoms with Crippen LogP contribution in [-0.4, -0.2) is 46.1 Å². The Morgan fingerprint density at radius 3 is 2.61 bits per heavy atom. The number of likely N-dealkylation sites (tertiary alicyclic amines) is 1. The summed E-state index contributed by atoms with van der Waals surface area (Å²) in [6.07, 6.45) is 0.961. The highest BCUT2D eigenvalue weighted by molar-refractivity contribution is 5.88. The van der Waals surface area contributed by atoms with Crippen molar-refractivity contribution in [1.29, 1.82) is 5.26 Å². The Kier molecular flexibility index (Phi) is 6.25. The minimum atomic E-state index is -1.41. The van der Waals surface area contributed by atoms with E-state index in [0.717, 1.165) is 37.9 Å². The Hall–Kier alpha value is -3.38. The molecule has 0 amide bonds. The van der Waals surface area contributed by atoms with Gasteiger partial charge >= 0.3 is 0 Å². The summed E-state index contributed by atoms with van der Waals surface area (Å²) in [5.74, 6) is 0.865. The average Bonchev–Trinajstić information content (AvgIpc) is 3.53. The number of nitriles is 1. The van der Waals surface area contributed by atoms with Crippen LogP contribution in [0, 0.1) is 24.1 Å². The lowest BCUT2D eigenvalue weighted by atomic mass is 9.97. The standard InChI is InChI=1S/C27H30F2N6O/c1-15(28)19-6-5-7-20(23(19)29)16(2)31-24-21-12-22(27(14-30)9-10-27)26(34-25(21)33-17(3)32-24)36-18-8-11-35(4)13-18/h5-7,12,15-16,18H,8-11,13H2,1-4H3,(H,31,32,33,34)/t15?,16-,18+/m1/s1. The number of nitrogens with one attached hydrogen (secondary N) is 1. The smallest absolute Gasteiger partial charge is 0.220 e. The molecule has 1 saturated carbocycles. The number of ether oxygens (including phenoxy) is 1. The van der Waals surface area contributed by atoms with Crippen LogP contribution in [0.5, 0.6) is 5.88 Å². The molecule has 3 atom stereocenters. The second kappa shape index (κ2) is 9.25. The van der Waals surface area contributed by atoms with Crippen LogP contribution < -0.4 is 10.1 Å². The molecule has 2 fully saturated rings. The molecule has 1 saturated heterocycles. The third-order valence-electron chi connectivity index (χ3n) is 7.18. The van der Waals surface area contributed by atoms with Gasteiger partial charge in [-0.2, -0.15) is 10.2 Å². The van der Waals surface area contributed by atoms with Crippen LogP contribution in [0.4, 0.5) is 14.6 Å². The van der Waals surface area contributed by atoms with Gasteiger partial charge in [0.15, 0.2) is 5.65 Å². The number of aryl methyl sites for hydroxylation is 1. The minimum absolute atomic E-state index is 0.00175. The highest BCUT2D eigenvalue weighted by atomic mass is 19.1. The monoisotopic (exact) mass is 492 g/mol. The molecular weight excluding hydrogens is 462 g/mol. The highest BCUT2D eigenvalue weighted by Gasteiger charge is 2.48. The van der Waals surface area contributed by atoms with Crippen molar-refractivity contribution in [2.45, 2.75) is 63.8 Å². The Morgan fingerprint density at radius 2 is 1.97 bits per heavy atom. The van der Waals surface area contributed by atoms with Crippen molar-refractivity contribution in [2.75, 3.05) is 25.5 Å². The van der Waals surface area contributed by atoms with E-state index in [1.807, 2.05) is 6.07 Å². The summed E-state index contributed by atoms with van der Waals surface area (Å²) in [7, 11) is 2.05. The lowest BCUT2D eigenvalue weighted by Gasteiger charge is -2.21. The molecule has 188 valence electrons. The number of fused-ring (bicyclic) bond motifs is 1. The molecule has 7 nitrogen and oxygen atoms in total. The molecule has 1 aliphatic heterocycles. The largest absolute Gasteiger partial charge is 0.473 e. The number of hydrogen-bond acceptors (Lipinski definition) is 7.